The van der Waals surface area contributed by atoms with E-state index in [-0.39, 0.29) is 11.3 Å². The molecule has 1 aromatic heterocycles. The van der Waals surface area contributed by atoms with Crippen molar-refractivity contribution in [1.82, 2.24) is 4.98 Å². The molecule has 2 aromatic rings. The van der Waals surface area contributed by atoms with Gasteiger partial charge >= 0.3 is 0 Å². The summed E-state index contributed by atoms with van der Waals surface area (Å²) in [6, 6.07) is 10.2. The number of aromatic nitrogens is 1. The first-order chi connectivity index (χ1) is 8.79. The van der Waals surface area contributed by atoms with Crippen LogP contribution in [0.1, 0.15) is 18.4 Å². The minimum Gasteiger partial charge on any atom is -0.325 e. The molecule has 4 rings (SSSR count). The number of hydrogen-bond acceptors (Lipinski definition) is 2. The Bertz CT molecular complexity index is 645. The summed E-state index contributed by atoms with van der Waals surface area (Å²) in [6.45, 7) is 0. The SMILES string of the molecule is O=C1Nc2cc(-c3cccnc3)ccc2C12CC2. The fourth-order valence-corrected chi connectivity index (χ4v) is 2.76. The van der Waals surface area contributed by atoms with E-state index in [1.807, 2.05) is 18.3 Å². The van der Waals surface area contributed by atoms with Crippen LogP contribution in [0.3, 0.4) is 0 Å². The van der Waals surface area contributed by atoms with Gasteiger partial charge in [0, 0.05) is 23.6 Å². The lowest BCUT2D eigenvalue weighted by molar-refractivity contribution is -0.117. The van der Waals surface area contributed by atoms with Crippen LogP contribution in [0, 0.1) is 0 Å². The molecule has 3 heteroatoms. The minimum absolute atomic E-state index is 0.167. The fourth-order valence-electron chi connectivity index (χ4n) is 2.76. The van der Waals surface area contributed by atoms with Crippen molar-refractivity contribution in [2.24, 2.45) is 0 Å². The maximum Gasteiger partial charge on any atom is 0.235 e. The number of benzene rings is 1. The average Bonchev–Trinajstić information content (AvgIpc) is 3.16. The summed E-state index contributed by atoms with van der Waals surface area (Å²) in [7, 11) is 0. The van der Waals surface area contributed by atoms with E-state index >= 15 is 0 Å². The summed E-state index contributed by atoms with van der Waals surface area (Å²) in [4.78, 5) is 16.1. The molecule has 0 saturated heterocycles. The third-order valence-corrected chi connectivity index (χ3v) is 3.96. The van der Waals surface area contributed by atoms with Crippen LogP contribution in [-0.4, -0.2) is 10.9 Å². The van der Waals surface area contributed by atoms with E-state index in [2.05, 4.69) is 28.5 Å². The standard InChI is InChI=1S/C15H12N2O/c18-14-15(5-6-15)12-4-3-10(8-13(12)17-14)11-2-1-7-16-9-11/h1-4,7-9H,5-6H2,(H,17,18). The first-order valence-corrected chi connectivity index (χ1v) is 6.16. The second-order valence-corrected chi connectivity index (χ2v) is 5.04. The number of amides is 1. The molecule has 1 fully saturated rings. The number of fused-ring (bicyclic) bond motifs is 2. The van der Waals surface area contributed by atoms with Gasteiger partial charge in [-0.2, -0.15) is 0 Å². The number of rotatable bonds is 1. The number of nitrogens with one attached hydrogen (secondary N) is 1. The van der Waals surface area contributed by atoms with Gasteiger partial charge in [0.15, 0.2) is 0 Å². The lowest BCUT2D eigenvalue weighted by Crippen LogP contribution is -2.18. The van der Waals surface area contributed by atoms with Crippen LogP contribution in [0.4, 0.5) is 5.69 Å². The molecule has 1 amide bonds. The van der Waals surface area contributed by atoms with Crippen LogP contribution in [-0.2, 0) is 10.2 Å². The van der Waals surface area contributed by atoms with Crippen LogP contribution < -0.4 is 5.32 Å². The number of hydrogen-bond donors (Lipinski definition) is 1. The fraction of sp³-hybridized carbons (Fsp3) is 0.200. The van der Waals surface area contributed by atoms with Crippen LogP contribution in [0.5, 0.6) is 0 Å². The molecule has 1 aliphatic carbocycles. The highest BCUT2D eigenvalue weighted by Gasteiger charge is 2.56. The molecule has 0 bridgehead atoms. The van der Waals surface area contributed by atoms with Gasteiger partial charge in [-0.15, -0.1) is 0 Å². The number of carbonyl (C=O) groups is 1. The number of nitrogens with zero attached hydrogens (tertiary/aromatic N) is 1. The zero-order chi connectivity index (χ0) is 12.2. The molecule has 1 N–H and O–H groups in total. The van der Waals surface area contributed by atoms with Crippen LogP contribution in [0.25, 0.3) is 11.1 Å². The maximum absolute atomic E-state index is 11.9. The highest BCUT2D eigenvalue weighted by atomic mass is 16.2. The molecule has 1 aliphatic heterocycles. The van der Waals surface area contributed by atoms with Crippen LogP contribution >= 0.6 is 0 Å². The highest BCUT2D eigenvalue weighted by Crippen LogP contribution is 2.55. The third kappa shape index (κ3) is 1.19. The molecule has 1 spiro atoms. The predicted octanol–water partition coefficient (Wildman–Crippen LogP) is 2.73. The van der Waals surface area contributed by atoms with E-state index in [0.29, 0.717) is 0 Å². The van der Waals surface area contributed by atoms with Gasteiger partial charge in [0.2, 0.25) is 5.91 Å². The summed E-state index contributed by atoms with van der Waals surface area (Å²) < 4.78 is 0. The zero-order valence-electron chi connectivity index (χ0n) is 9.81. The van der Waals surface area contributed by atoms with Gasteiger partial charge in [-0.3, -0.25) is 9.78 Å². The Kier molecular flexibility index (Phi) is 1.74. The molecule has 1 aromatic carbocycles. The van der Waals surface area contributed by atoms with Crippen LogP contribution in [0.2, 0.25) is 0 Å². The van der Waals surface area contributed by atoms with Crippen molar-refractivity contribution in [2.75, 3.05) is 5.32 Å². The molecule has 88 valence electrons. The van der Waals surface area contributed by atoms with E-state index in [1.165, 1.54) is 5.56 Å². The number of pyridine rings is 1. The molecule has 0 radical (unpaired) electrons. The summed E-state index contributed by atoms with van der Waals surface area (Å²) in [5.41, 5.74) is 4.12. The summed E-state index contributed by atoms with van der Waals surface area (Å²) in [5, 5.41) is 3.00. The lowest BCUT2D eigenvalue weighted by Gasteiger charge is -2.06. The largest absolute Gasteiger partial charge is 0.325 e. The second kappa shape index (κ2) is 3.19. The molecule has 0 unspecified atom stereocenters. The Morgan fingerprint density at radius 3 is 2.78 bits per heavy atom. The second-order valence-electron chi connectivity index (χ2n) is 5.04. The van der Waals surface area contributed by atoms with Crippen molar-refractivity contribution in [3.8, 4) is 11.1 Å². The molecule has 2 heterocycles. The van der Waals surface area contributed by atoms with Crippen molar-refractivity contribution in [1.29, 1.82) is 0 Å². The number of anilines is 1. The predicted molar refractivity (Wildman–Crippen MR) is 69.2 cm³/mol. The zero-order valence-corrected chi connectivity index (χ0v) is 9.81. The topological polar surface area (TPSA) is 42.0 Å². The Morgan fingerprint density at radius 2 is 2.06 bits per heavy atom. The first-order valence-electron chi connectivity index (χ1n) is 6.16. The number of carbonyl (C=O) groups excluding carboxylic acids is 1. The Hall–Kier alpha value is -2.16. The molecule has 0 atom stereocenters. The van der Waals surface area contributed by atoms with Gasteiger partial charge in [-0.05, 0) is 36.1 Å². The van der Waals surface area contributed by atoms with E-state index in [0.717, 1.165) is 29.7 Å². The van der Waals surface area contributed by atoms with Gasteiger partial charge in [-0.25, -0.2) is 0 Å². The molecular weight excluding hydrogens is 224 g/mol. The van der Waals surface area contributed by atoms with Gasteiger partial charge < -0.3 is 5.32 Å². The summed E-state index contributed by atoms with van der Waals surface area (Å²) in [5.74, 6) is 0.167. The van der Waals surface area contributed by atoms with E-state index < -0.39 is 0 Å². The van der Waals surface area contributed by atoms with Crippen LogP contribution in [0.15, 0.2) is 42.7 Å². The minimum atomic E-state index is -0.192. The molecular formula is C15H12N2O. The monoisotopic (exact) mass is 236 g/mol. The third-order valence-electron chi connectivity index (χ3n) is 3.96. The summed E-state index contributed by atoms with van der Waals surface area (Å²) >= 11 is 0. The van der Waals surface area contributed by atoms with E-state index in [9.17, 15) is 4.79 Å². The maximum atomic E-state index is 11.9. The van der Waals surface area contributed by atoms with Gasteiger partial charge in [0.05, 0.1) is 5.41 Å². The van der Waals surface area contributed by atoms with Gasteiger partial charge in [-0.1, -0.05) is 18.2 Å². The molecule has 3 nitrogen and oxygen atoms in total. The van der Waals surface area contributed by atoms with Crippen molar-refractivity contribution in [2.45, 2.75) is 18.3 Å². The Balaban J connectivity index is 1.83. The smallest absolute Gasteiger partial charge is 0.235 e. The average molecular weight is 236 g/mol. The van der Waals surface area contributed by atoms with Crippen molar-refractivity contribution >= 4 is 11.6 Å². The molecule has 2 aliphatic rings. The first kappa shape index (κ1) is 9.83. The highest BCUT2D eigenvalue weighted by molar-refractivity contribution is 6.08. The van der Waals surface area contributed by atoms with E-state index in [4.69, 9.17) is 0 Å². The van der Waals surface area contributed by atoms with Gasteiger partial charge in [0.25, 0.3) is 0 Å². The summed E-state index contributed by atoms with van der Waals surface area (Å²) in [6.07, 6.45) is 5.57. The Labute approximate surface area is 105 Å². The van der Waals surface area contributed by atoms with E-state index in [1.54, 1.807) is 6.20 Å². The van der Waals surface area contributed by atoms with Gasteiger partial charge in [0.1, 0.15) is 0 Å². The molecule has 1 saturated carbocycles. The molecule has 18 heavy (non-hydrogen) atoms. The van der Waals surface area contributed by atoms with Crippen molar-refractivity contribution in [3.63, 3.8) is 0 Å². The lowest BCUT2D eigenvalue weighted by atomic mass is 9.95. The quantitative estimate of drug-likeness (QED) is 0.827. The normalized spacial score (nSPS) is 18.6. The van der Waals surface area contributed by atoms with Crippen molar-refractivity contribution < 1.29 is 4.79 Å². The van der Waals surface area contributed by atoms with Crippen molar-refractivity contribution in [3.05, 3.63) is 48.3 Å². The Morgan fingerprint density at radius 1 is 1.17 bits per heavy atom.